The number of carbonyl (C=O) groups is 1. The second-order valence-electron chi connectivity index (χ2n) is 6.80. The van der Waals surface area contributed by atoms with Crippen LogP contribution in [-0.4, -0.2) is 27.1 Å². The first-order chi connectivity index (χ1) is 13.6. The molecule has 0 radical (unpaired) electrons. The Morgan fingerprint density at radius 3 is 2.71 bits per heavy atom. The van der Waals surface area contributed by atoms with Crippen molar-refractivity contribution in [3.8, 4) is 5.75 Å². The zero-order valence-corrected chi connectivity index (χ0v) is 15.4. The average Bonchev–Trinajstić information content (AvgIpc) is 2.75. The second-order valence-corrected chi connectivity index (χ2v) is 6.80. The predicted molar refractivity (Wildman–Crippen MR) is 107 cm³/mol. The molecule has 0 saturated carbocycles. The van der Waals surface area contributed by atoms with Crippen LogP contribution in [0.15, 0.2) is 65.0 Å². The third-order valence-electron chi connectivity index (χ3n) is 4.91. The molecule has 0 unspecified atom stereocenters. The maximum Gasteiger partial charge on any atom is 0.296 e. The minimum Gasteiger partial charge on any atom is -0.501 e. The van der Waals surface area contributed by atoms with Gasteiger partial charge in [-0.05, 0) is 30.4 Å². The Morgan fingerprint density at radius 1 is 1.14 bits per heavy atom. The van der Waals surface area contributed by atoms with Crippen molar-refractivity contribution in [3.05, 3.63) is 87.6 Å². The Kier molecular flexibility index (Phi) is 4.93. The summed E-state index contributed by atoms with van der Waals surface area (Å²) in [6.07, 6.45) is 10.7. The monoisotopic (exact) mass is 375 g/mol. The molecule has 1 aliphatic carbocycles. The van der Waals surface area contributed by atoms with Crippen LogP contribution in [0, 0.1) is 0 Å². The number of hydrogen-bond donors (Lipinski definition) is 2. The van der Waals surface area contributed by atoms with E-state index in [0.29, 0.717) is 25.3 Å². The molecule has 0 bridgehead atoms. The van der Waals surface area contributed by atoms with E-state index in [4.69, 9.17) is 0 Å². The van der Waals surface area contributed by atoms with E-state index in [2.05, 4.69) is 22.5 Å². The first kappa shape index (κ1) is 18.0. The highest BCUT2D eigenvalue weighted by Gasteiger charge is 2.25. The lowest BCUT2D eigenvalue weighted by Gasteiger charge is -2.20. The lowest BCUT2D eigenvalue weighted by atomic mass is 10.0. The standard InChI is InChI=1S/C22H21N3O3/c26-19-18(21(27)23-14-15-8-3-1-4-9-15)24-20-17(16-10-5-2-6-11-16)12-7-13-25(20)22(19)28/h2-3,5-6,8-12,26H,1,4,7,13-14H2,(H,23,27). The number of aromatic nitrogens is 2. The van der Waals surface area contributed by atoms with Crippen molar-refractivity contribution >= 4 is 11.5 Å². The van der Waals surface area contributed by atoms with E-state index in [-0.39, 0.29) is 5.69 Å². The zero-order valence-electron chi connectivity index (χ0n) is 15.4. The number of benzene rings is 1. The van der Waals surface area contributed by atoms with Gasteiger partial charge >= 0.3 is 0 Å². The summed E-state index contributed by atoms with van der Waals surface area (Å²) in [5, 5.41) is 13.1. The highest BCUT2D eigenvalue weighted by molar-refractivity contribution is 5.95. The van der Waals surface area contributed by atoms with Crippen LogP contribution in [0.3, 0.4) is 0 Å². The van der Waals surface area contributed by atoms with Gasteiger partial charge in [0.05, 0.1) is 0 Å². The van der Waals surface area contributed by atoms with Crippen LogP contribution >= 0.6 is 0 Å². The Bertz CT molecular complexity index is 1060. The van der Waals surface area contributed by atoms with Gasteiger partial charge in [0.2, 0.25) is 5.75 Å². The molecule has 0 fully saturated rings. The maximum atomic E-state index is 12.7. The first-order valence-corrected chi connectivity index (χ1v) is 9.38. The van der Waals surface area contributed by atoms with E-state index in [1.165, 1.54) is 4.57 Å². The van der Waals surface area contributed by atoms with Gasteiger partial charge in [-0.2, -0.15) is 0 Å². The van der Waals surface area contributed by atoms with E-state index in [1.54, 1.807) is 0 Å². The number of carbonyl (C=O) groups excluding carboxylic acids is 1. The molecule has 0 spiro atoms. The van der Waals surface area contributed by atoms with Crippen molar-refractivity contribution in [2.45, 2.75) is 25.8 Å². The molecule has 2 heterocycles. The largest absolute Gasteiger partial charge is 0.501 e. The second kappa shape index (κ2) is 7.68. The highest BCUT2D eigenvalue weighted by atomic mass is 16.3. The number of allylic oxidation sites excluding steroid dienone is 3. The van der Waals surface area contributed by atoms with Gasteiger partial charge in [-0.1, -0.05) is 54.6 Å². The molecule has 0 atom stereocenters. The lowest BCUT2D eigenvalue weighted by Crippen LogP contribution is -2.33. The van der Waals surface area contributed by atoms with E-state index < -0.39 is 17.2 Å². The smallest absolute Gasteiger partial charge is 0.296 e. The maximum absolute atomic E-state index is 12.7. The molecular weight excluding hydrogens is 354 g/mol. The van der Waals surface area contributed by atoms with Gasteiger partial charge in [0.15, 0.2) is 5.69 Å². The molecule has 1 aromatic carbocycles. The summed E-state index contributed by atoms with van der Waals surface area (Å²) in [5.41, 5.74) is 1.88. The summed E-state index contributed by atoms with van der Waals surface area (Å²) in [5.74, 6) is -0.762. The van der Waals surface area contributed by atoms with Crippen molar-refractivity contribution in [1.82, 2.24) is 14.9 Å². The molecule has 2 aliphatic rings. The molecule has 6 nitrogen and oxygen atoms in total. The Balaban J connectivity index is 1.68. The average molecular weight is 375 g/mol. The van der Waals surface area contributed by atoms with Crippen LogP contribution in [0.5, 0.6) is 5.75 Å². The minimum atomic E-state index is -0.608. The summed E-state index contributed by atoms with van der Waals surface area (Å²) in [6, 6.07) is 9.60. The van der Waals surface area contributed by atoms with Crippen LogP contribution in [0.4, 0.5) is 0 Å². The quantitative estimate of drug-likeness (QED) is 0.861. The summed E-state index contributed by atoms with van der Waals surface area (Å²) < 4.78 is 1.43. The Hall–Kier alpha value is -3.41. The predicted octanol–water partition coefficient (Wildman–Crippen LogP) is 2.79. The van der Waals surface area contributed by atoms with E-state index in [9.17, 15) is 14.7 Å². The van der Waals surface area contributed by atoms with Crippen LogP contribution in [0.1, 0.15) is 41.1 Å². The SMILES string of the molecule is O=C(NCC1=CCCC=C1)c1nc2n(c(=O)c1O)CCC=C2c1ccccc1. The highest BCUT2D eigenvalue weighted by Crippen LogP contribution is 2.27. The van der Waals surface area contributed by atoms with Gasteiger partial charge in [-0.15, -0.1) is 0 Å². The van der Waals surface area contributed by atoms with E-state index >= 15 is 0 Å². The van der Waals surface area contributed by atoms with E-state index in [0.717, 1.165) is 29.6 Å². The molecule has 1 aromatic heterocycles. The molecule has 2 aromatic rings. The van der Waals surface area contributed by atoms with Crippen molar-refractivity contribution in [3.63, 3.8) is 0 Å². The van der Waals surface area contributed by atoms with Gasteiger partial charge in [0, 0.05) is 18.7 Å². The summed E-state index contributed by atoms with van der Waals surface area (Å²) >= 11 is 0. The molecule has 6 heteroatoms. The van der Waals surface area contributed by atoms with Gasteiger partial charge in [-0.3, -0.25) is 14.2 Å². The molecule has 1 amide bonds. The molecule has 28 heavy (non-hydrogen) atoms. The van der Waals surface area contributed by atoms with Crippen molar-refractivity contribution in [2.24, 2.45) is 0 Å². The zero-order chi connectivity index (χ0) is 19.5. The Morgan fingerprint density at radius 2 is 1.96 bits per heavy atom. The third-order valence-corrected chi connectivity index (χ3v) is 4.91. The van der Waals surface area contributed by atoms with Gasteiger partial charge in [0.1, 0.15) is 5.82 Å². The first-order valence-electron chi connectivity index (χ1n) is 9.38. The fourth-order valence-electron chi connectivity index (χ4n) is 3.47. The molecule has 1 aliphatic heterocycles. The number of nitrogens with one attached hydrogen (secondary N) is 1. The van der Waals surface area contributed by atoms with Crippen molar-refractivity contribution < 1.29 is 9.90 Å². The topological polar surface area (TPSA) is 84.2 Å². The number of rotatable bonds is 4. The Labute approximate surface area is 162 Å². The molecule has 4 rings (SSSR count). The molecule has 0 saturated heterocycles. The molecular formula is C22H21N3O3. The summed E-state index contributed by atoms with van der Waals surface area (Å²) in [7, 11) is 0. The fourth-order valence-corrected chi connectivity index (χ4v) is 3.47. The molecule has 142 valence electrons. The van der Waals surface area contributed by atoms with Gasteiger partial charge < -0.3 is 10.4 Å². The fraction of sp³-hybridized carbons (Fsp3) is 0.227. The van der Waals surface area contributed by atoms with Crippen molar-refractivity contribution in [1.29, 1.82) is 0 Å². The van der Waals surface area contributed by atoms with Gasteiger partial charge in [-0.25, -0.2) is 4.98 Å². The minimum absolute atomic E-state index is 0.236. The van der Waals surface area contributed by atoms with Crippen molar-refractivity contribution in [2.75, 3.05) is 6.54 Å². The van der Waals surface area contributed by atoms with Crippen LogP contribution in [0.25, 0.3) is 5.57 Å². The van der Waals surface area contributed by atoms with Crippen LogP contribution in [-0.2, 0) is 6.54 Å². The normalized spacial score (nSPS) is 15.4. The van der Waals surface area contributed by atoms with Crippen LogP contribution < -0.4 is 10.9 Å². The number of aromatic hydroxyl groups is 1. The summed E-state index contributed by atoms with van der Waals surface area (Å²) in [6.45, 7) is 0.751. The van der Waals surface area contributed by atoms with Gasteiger partial charge in [0.25, 0.3) is 11.5 Å². The van der Waals surface area contributed by atoms with E-state index in [1.807, 2.05) is 42.5 Å². The summed E-state index contributed by atoms with van der Waals surface area (Å²) in [4.78, 5) is 29.7. The lowest BCUT2D eigenvalue weighted by molar-refractivity contribution is 0.0948. The third kappa shape index (κ3) is 3.41. The number of amides is 1. The number of fused-ring (bicyclic) bond motifs is 1. The number of hydrogen-bond acceptors (Lipinski definition) is 4. The molecule has 2 N–H and O–H groups in total. The number of nitrogens with zero attached hydrogens (tertiary/aromatic N) is 2. The van der Waals surface area contributed by atoms with Crippen LogP contribution in [0.2, 0.25) is 0 Å².